The molecule has 24 heteroatoms. The molecule has 434 valence electrons. The molecule has 0 bridgehead atoms. The number of phenols is 16. The van der Waals surface area contributed by atoms with Crippen LogP contribution in [0.4, 0.5) is 0 Å². The highest BCUT2D eigenvalue weighted by Gasteiger charge is 2.53. The molecule has 8 aromatic carbocycles. The fourth-order valence-electron chi connectivity index (χ4n) is 12.2. The number of aromatic hydroxyl groups is 16. The molecule has 24 nitrogen and oxygen atoms in total. The van der Waals surface area contributed by atoms with E-state index < -0.39 is 210 Å². The molecule has 4 heterocycles. The number of rotatable bonds is 7. The van der Waals surface area contributed by atoms with E-state index in [1.165, 1.54) is 24.3 Å². The van der Waals surface area contributed by atoms with Crippen molar-refractivity contribution in [2.75, 3.05) is 0 Å². The highest BCUT2D eigenvalue weighted by Crippen LogP contribution is 2.65. The molecule has 0 saturated carbocycles. The first kappa shape index (κ1) is 54.2. The van der Waals surface area contributed by atoms with E-state index in [4.69, 9.17) is 18.9 Å². The first-order chi connectivity index (χ1) is 39.9. The number of aliphatic hydroxyl groups excluding tert-OH is 4. The van der Waals surface area contributed by atoms with Gasteiger partial charge in [0, 0.05) is 75.7 Å². The molecule has 11 atom stereocenters. The summed E-state index contributed by atoms with van der Waals surface area (Å²) in [6, 6.07) is 17.7. The minimum Gasteiger partial charge on any atom is -0.508 e. The largest absolute Gasteiger partial charge is 0.508 e. The van der Waals surface area contributed by atoms with Crippen molar-refractivity contribution in [3.8, 4) is 115 Å². The van der Waals surface area contributed by atoms with Crippen LogP contribution in [0.25, 0.3) is 0 Å². The van der Waals surface area contributed by atoms with Crippen LogP contribution in [0, 0.1) is 0 Å². The second-order valence-electron chi connectivity index (χ2n) is 21.0. The van der Waals surface area contributed by atoms with Crippen molar-refractivity contribution in [2.45, 2.75) is 73.0 Å². The highest BCUT2D eigenvalue weighted by molar-refractivity contribution is 5.73. The normalized spacial score (nSPS) is 24.0. The van der Waals surface area contributed by atoms with Crippen LogP contribution in [0.3, 0.4) is 0 Å². The molecule has 8 aromatic rings. The van der Waals surface area contributed by atoms with Gasteiger partial charge in [0.05, 0.1) is 23.9 Å². The molecular formula is C60H50O24. The molecule has 0 amide bonds. The summed E-state index contributed by atoms with van der Waals surface area (Å²) >= 11 is 0. The lowest BCUT2D eigenvalue weighted by molar-refractivity contribution is -0.00858. The first-order valence-electron chi connectivity index (χ1n) is 25.7. The zero-order valence-electron chi connectivity index (χ0n) is 43.0. The quantitative estimate of drug-likeness (QED) is 0.0827. The van der Waals surface area contributed by atoms with Crippen molar-refractivity contribution in [3.63, 3.8) is 0 Å². The molecule has 0 aliphatic carbocycles. The Kier molecular flexibility index (Phi) is 12.7. The SMILES string of the molecule is Oc1cc(O)c2c(c1)O[C@H](c1ccc(O)c(O)c1)C(O)C2c1c(O)cc(O)c2c1O[C@H](c1ccc(O)c(O)c1)[C@H](O)C2c1c(O)cc(O)c2c1O[C@H](c1ccc(O)c(O)c1)[C@H](O)C2c1c(O)cc(O)c2c1O[C@H](c1ccc(O)c(O)c1)[C@H](O)C2. The van der Waals surface area contributed by atoms with Gasteiger partial charge in [-0.3, -0.25) is 0 Å². The maximum atomic E-state index is 13.1. The summed E-state index contributed by atoms with van der Waals surface area (Å²) in [5, 5.41) is 229. The van der Waals surface area contributed by atoms with Crippen molar-refractivity contribution >= 4 is 0 Å². The zero-order chi connectivity index (χ0) is 59.8. The molecule has 0 fully saturated rings. The number of hydrogen-bond acceptors (Lipinski definition) is 24. The number of aliphatic hydroxyl groups is 4. The molecule has 0 aromatic heterocycles. The molecular weight excluding hydrogens is 1100 g/mol. The number of hydrogen-bond donors (Lipinski definition) is 20. The van der Waals surface area contributed by atoms with E-state index in [0.717, 1.165) is 78.9 Å². The van der Waals surface area contributed by atoms with Gasteiger partial charge in [0.1, 0.15) is 93.4 Å². The van der Waals surface area contributed by atoms with Gasteiger partial charge in [-0.2, -0.15) is 0 Å². The average Bonchev–Trinajstić information content (AvgIpc) is 1.45. The fraction of sp³-hybridized carbons (Fsp3) is 0.200. The standard InChI is InChI=1S/C60H50O24/c61-23-13-34(71)42-41(14-23)81-55(20-2-6-26(63)31(68)10-20)51(78)48(42)44-36(73)17-38(75)46-50(53(80)57(83-59(44)46)22-4-8-28(65)33(70)12-22)47-39(76)18-37(74)45-49(52(79)56(84-60(45)47)21-3-7-27(64)32(69)11-21)43-35(72)16-29(66)24-15-40(77)54(82-58(24)43)19-1-5-25(62)30(67)9-19/h1-14,16-18,40,48-57,61-80H,15H2/t40-,48?,49?,50?,51?,52-,53-,54-,55-,56-,57-/m1/s1. The van der Waals surface area contributed by atoms with Crippen molar-refractivity contribution < 1.29 is 121 Å². The molecule has 4 unspecified atom stereocenters. The molecule has 84 heavy (non-hydrogen) atoms. The summed E-state index contributed by atoms with van der Waals surface area (Å²) in [6.45, 7) is 0. The van der Waals surface area contributed by atoms with Crippen LogP contribution in [0.1, 0.15) is 103 Å². The van der Waals surface area contributed by atoms with Gasteiger partial charge >= 0.3 is 0 Å². The molecule has 0 saturated heterocycles. The molecule has 4 aliphatic heterocycles. The third-order valence-electron chi connectivity index (χ3n) is 16.0. The van der Waals surface area contributed by atoms with Gasteiger partial charge in [-0.15, -0.1) is 0 Å². The summed E-state index contributed by atoms with van der Waals surface area (Å²) in [4.78, 5) is 0. The minimum absolute atomic E-state index is 0.00111. The molecule has 20 N–H and O–H groups in total. The molecule has 0 spiro atoms. The van der Waals surface area contributed by atoms with E-state index in [1.54, 1.807) is 0 Å². The van der Waals surface area contributed by atoms with Crippen molar-refractivity contribution in [1.82, 2.24) is 0 Å². The summed E-state index contributed by atoms with van der Waals surface area (Å²) in [5.41, 5.74) is -3.20. The number of phenolic OH excluding ortho intramolecular Hbond substituents is 16. The maximum Gasteiger partial charge on any atom is 0.157 e. The van der Waals surface area contributed by atoms with Crippen LogP contribution >= 0.6 is 0 Å². The van der Waals surface area contributed by atoms with Gasteiger partial charge in [0.25, 0.3) is 0 Å². The lowest BCUT2D eigenvalue weighted by Crippen LogP contribution is -2.40. The van der Waals surface area contributed by atoms with Gasteiger partial charge in [0.2, 0.25) is 0 Å². The van der Waals surface area contributed by atoms with Gasteiger partial charge in [-0.1, -0.05) is 24.3 Å². The van der Waals surface area contributed by atoms with Crippen LogP contribution in [0.5, 0.6) is 115 Å². The van der Waals surface area contributed by atoms with Crippen molar-refractivity contribution in [2.24, 2.45) is 0 Å². The smallest absolute Gasteiger partial charge is 0.157 e. The number of ether oxygens (including phenoxy) is 4. The summed E-state index contributed by atoms with van der Waals surface area (Å²) in [5.74, 6) is -19.0. The Balaban J connectivity index is 1.14. The monoisotopic (exact) mass is 1150 g/mol. The van der Waals surface area contributed by atoms with Crippen molar-refractivity contribution in [1.29, 1.82) is 0 Å². The maximum absolute atomic E-state index is 13.1. The Hall–Kier alpha value is -10.4. The lowest BCUT2D eigenvalue weighted by Gasteiger charge is -2.44. The molecule has 4 aliphatic rings. The Morgan fingerprint density at radius 1 is 0.274 bits per heavy atom. The fourth-order valence-corrected chi connectivity index (χ4v) is 12.2. The topological polar surface area (TPSA) is 442 Å². The predicted molar refractivity (Wildman–Crippen MR) is 285 cm³/mol. The molecule has 0 radical (unpaired) electrons. The average molecular weight is 1160 g/mol. The van der Waals surface area contributed by atoms with Gasteiger partial charge in [0.15, 0.2) is 64.3 Å². The van der Waals surface area contributed by atoms with Crippen molar-refractivity contribution in [3.05, 3.63) is 164 Å². The van der Waals surface area contributed by atoms with Crippen LogP contribution in [-0.4, -0.2) is 127 Å². The number of benzene rings is 8. The van der Waals surface area contributed by atoms with E-state index in [9.17, 15) is 102 Å². The zero-order valence-corrected chi connectivity index (χ0v) is 43.0. The van der Waals surface area contributed by atoms with Crippen LogP contribution in [-0.2, 0) is 6.42 Å². The number of fused-ring (bicyclic) bond motifs is 4. The summed E-state index contributed by atoms with van der Waals surface area (Å²) in [7, 11) is 0. The van der Waals surface area contributed by atoms with Crippen LogP contribution in [0.15, 0.2) is 103 Å². The summed E-state index contributed by atoms with van der Waals surface area (Å²) < 4.78 is 25.8. The van der Waals surface area contributed by atoms with E-state index in [-0.39, 0.29) is 39.1 Å². The Morgan fingerprint density at radius 3 is 0.964 bits per heavy atom. The predicted octanol–water partition coefficient (Wildman–Crippen LogP) is 5.89. The summed E-state index contributed by atoms with van der Waals surface area (Å²) in [6.07, 6.45) is -14.8. The Bertz CT molecular complexity index is 4030. The van der Waals surface area contributed by atoms with E-state index >= 15 is 0 Å². The minimum atomic E-state index is -2.15. The van der Waals surface area contributed by atoms with Crippen LogP contribution in [0.2, 0.25) is 0 Å². The van der Waals surface area contributed by atoms with Gasteiger partial charge < -0.3 is 121 Å². The van der Waals surface area contributed by atoms with Crippen LogP contribution < -0.4 is 18.9 Å². The Morgan fingerprint density at radius 2 is 0.583 bits per heavy atom. The Labute approximate surface area is 472 Å². The van der Waals surface area contributed by atoms with Gasteiger partial charge in [-0.25, -0.2) is 0 Å². The highest BCUT2D eigenvalue weighted by atomic mass is 16.5. The second-order valence-corrected chi connectivity index (χ2v) is 21.0. The third kappa shape index (κ3) is 8.44. The van der Waals surface area contributed by atoms with E-state index in [1.807, 2.05) is 0 Å². The third-order valence-corrected chi connectivity index (χ3v) is 16.0. The second kappa shape index (κ2) is 19.7. The van der Waals surface area contributed by atoms with Gasteiger partial charge in [-0.05, 0) is 70.8 Å². The molecule has 12 rings (SSSR count). The first-order valence-corrected chi connectivity index (χ1v) is 25.7. The van der Waals surface area contributed by atoms with E-state index in [0.29, 0.717) is 0 Å². The lowest BCUT2D eigenvalue weighted by atomic mass is 9.72. The van der Waals surface area contributed by atoms with E-state index in [2.05, 4.69) is 0 Å².